The van der Waals surface area contributed by atoms with Crippen LogP contribution in [0.1, 0.15) is 5.56 Å². The average molecular weight is 146 g/mol. The van der Waals surface area contributed by atoms with Gasteiger partial charge in [-0.25, -0.2) is 0 Å². The van der Waals surface area contributed by atoms with Gasteiger partial charge in [0, 0.05) is 12.4 Å². The van der Waals surface area contributed by atoms with Gasteiger partial charge in [0.1, 0.15) is 0 Å². The van der Waals surface area contributed by atoms with Crippen molar-refractivity contribution in [3.05, 3.63) is 48.4 Å². The van der Waals surface area contributed by atoms with Crippen molar-refractivity contribution < 1.29 is 0 Å². The summed E-state index contributed by atoms with van der Waals surface area (Å²) in [6.45, 7) is 0. The summed E-state index contributed by atoms with van der Waals surface area (Å²) in [4.78, 5) is 3.90. The number of rotatable bonds is 2. The number of pyridine rings is 1. The third-order valence-electron chi connectivity index (χ3n) is 1.22. The average Bonchev–Trinajstić information content (AvgIpc) is 2.07. The van der Waals surface area contributed by atoms with E-state index in [0.29, 0.717) is 0 Å². The highest BCUT2D eigenvalue weighted by molar-refractivity contribution is 5.49. The Hall–Kier alpha value is -1.57. The molecule has 2 N–H and O–H groups in total. The van der Waals surface area contributed by atoms with Crippen molar-refractivity contribution in [1.82, 2.24) is 4.98 Å². The minimum absolute atomic E-state index is 1.12. The molecule has 11 heavy (non-hydrogen) atoms. The van der Waals surface area contributed by atoms with Crippen LogP contribution in [0.4, 0.5) is 0 Å². The molecule has 1 heterocycles. The second kappa shape index (κ2) is 4.28. The van der Waals surface area contributed by atoms with Crippen LogP contribution in [0.25, 0.3) is 6.08 Å². The zero-order valence-corrected chi connectivity index (χ0v) is 6.14. The van der Waals surface area contributed by atoms with Gasteiger partial charge in [-0.2, -0.15) is 0 Å². The van der Waals surface area contributed by atoms with Crippen LogP contribution in [0.2, 0.25) is 0 Å². The van der Waals surface area contributed by atoms with Crippen molar-refractivity contribution in [3.63, 3.8) is 0 Å². The van der Waals surface area contributed by atoms with Gasteiger partial charge in [-0.15, -0.1) is 0 Å². The molecule has 0 unspecified atom stereocenters. The summed E-state index contributed by atoms with van der Waals surface area (Å²) in [7, 11) is 0. The standard InChI is InChI=1S/C9H10N2/c10-6-2-1-3-9-4-7-11-8-5-9/h1-8H,10H2/b3-1+,6-2+. The summed E-state index contributed by atoms with van der Waals surface area (Å²) >= 11 is 0. The van der Waals surface area contributed by atoms with Gasteiger partial charge in [0.25, 0.3) is 0 Å². The van der Waals surface area contributed by atoms with Crippen LogP contribution in [-0.2, 0) is 0 Å². The zero-order chi connectivity index (χ0) is 7.94. The van der Waals surface area contributed by atoms with E-state index in [-0.39, 0.29) is 0 Å². The quantitative estimate of drug-likeness (QED) is 0.643. The fourth-order valence-corrected chi connectivity index (χ4v) is 0.705. The largest absolute Gasteiger partial charge is 0.405 e. The van der Waals surface area contributed by atoms with Gasteiger partial charge in [0.2, 0.25) is 0 Å². The molecule has 0 bridgehead atoms. The monoisotopic (exact) mass is 146 g/mol. The molecular formula is C9H10N2. The van der Waals surface area contributed by atoms with Crippen molar-refractivity contribution in [2.45, 2.75) is 0 Å². The molecule has 2 heteroatoms. The number of nitrogens with zero attached hydrogens (tertiary/aromatic N) is 1. The van der Waals surface area contributed by atoms with E-state index in [0.717, 1.165) is 5.56 Å². The summed E-state index contributed by atoms with van der Waals surface area (Å²) < 4.78 is 0. The fraction of sp³-hybridized carbons (Fsp3) is 0. The second-order valence-corrected chi connectivity index (χ2v) is 2.02. The van der Waals surface area contributed by atoms with Gasteiger partial charge in [-0.05, 0) is 30.0 Å². The Balaban J connectivity index is 2.64. The van der Waals surface area contributed by atoms with E-state index in [9.17, 15) is 0 Å². The van der Waals surface area contributed by atoms with Crippen molar-refractivity contribution >= 4 is 6.08 Å². The van der Waals surface area contributed by atoms with Gasteiger partial charge in [-0.1, -0.05) is 12.2 Å². The molecule has 0 spiro atoms. The molecule has 56 valence electrons. The van der Waals surface area contributed by atoms with Crippen LogP contribution in [0.15, 0.2) is 42.9 Å². The second-order valence-electron chi connectivity index (χ2n) is 2.02. The molecule has 2 nitrogen and oxygen atoms in total. The maximum Gasteiger partial charge on any atom is 0.0273 e. The molecular weight excluding hydrogens is 136 g/mol. The summed E-state index contributed by atoms with van der Waals surface area (Å²) in [6, 6.07) is 3.86. The van der Waals surface area contributed by atoms with Crippen molar-refractivity contribution in [2.75, 3.05) is 0 Å². The molecule has 0 atom stereocenters. The first-order valence-corrected chi connectivity index (χ1v) is 3.38. The number of hydrogen-bond acceptors (Lipinski definition) is 2. The number of hydrogen-bond donors (Lipinski definition) is 1. The van der Waals surface area contributed by atoms with E-state index < -0.39 is 0 Å². The third kappa shape index (κ3) is 2.67. The van der Waals surface area contributed by atoms with E-state index in [1.54, 1.807) is 18.5 Å². The van der Waals surface area contributed by atoms with E-state index >= 15 is 0 Å². The summed E-state index contributed by atoms with van der Waals surface area (Å²) in [6.07, 6.45) is 10.6. The highest BCUT2D eigenvalue weighted by Crippen LogP contribution is 1.98. The van der Waals surface area contributed by atoms with Crippen LogP contribution in [0.5, 0.6) is 0 Å². The summed E-state index contributed by atoms with van der Waals surface area (Å²) in [5.74, 6) is 0. The lowest BCUT2D eigenvalue weighted by Crippen LogP contribution is -1.73. The lowest BCUT2D eigenvalue weighted by Gasteiger charge is -1.87. The fourth-order valence-electron chi connectivity index (χ4n) is 0.705. The Labute approximate surface area is 66.1 Å². The van der Waals surface area contributed by atoms with Crippen LogP contribution in [-0.4, -0.2) is 4.98 Å². The van der Waals surface area contributed by atoms with Crippen LogP contribution in [0, 0.1) is 0 Å². The summed E-state index contributed by atoms with van der Waals surface area (Å²) in [5.41, 5.74) is 6.27. The van der Waals surface area contributed by atoms with Gasteiger partial charge >= 0.3 is 0 Å². The minimum atomic E-state index is 1.12. The zero-order valence-electron chi connectivity index (χ0n) is 6.14. The molecule has 0 radical (unpaired) electrons. The molecule has 0 aliphatic rings. The highest BCUT2D eigenvalue weighted by Gasteiger charge is 1.79. The van der Waals surface area contributed by atoms with Crippen LogP contribution < -0.4 is 5.73 Å². The predicted molar refractivity (Wildman–Crippen MR) is 46.6 cm³/mol. The normalized spacial score (nSPS) is 11.3. The molecule has 0 amide bonds. The van der Waals surface area contributed by atoms with Gasteiger partial charge < -0.3 is 5.73 Å². The molecule has 0 fully saturated rings. The van der Waals surface area contributed by atoms with Gasteiger partial charge in [-0.3, -0.25) is 4.98 Å². The molecule has 0 saturated carbocycles. The summed E-state index contributed by atoms with van der Waals surface area (Å²) in [5, 5.41) is 0. The van der Waals surface area contributed by atoms with Gasteiger partial charge in [0.05, 0.1) is 0 Å². The first kappa shape index (κ1) is 7.54. The Bertz CT molecular complexity index is 250. The molecule has 1 aromatic rings. The predicted octanol–water partition coefficient (Wildman–Crippen LogP) is 1.57. The minimum Gasteiger partial charge on any atom is -0.405 e. The topological polar surface area (TPSA) is 38.9 Å². The molecule has 1 rings (SSSR count). The lowest BCUT2D eigenvalue weighted by atomic mass is 10.2. The number of nitrogens with two attached hydrogens (primary N) is 1. The van der Waals surface area contributed by atoms with Crippen molar-refractivity contribution in [2.24, 2.45) is 5.73 Å². The van der Waals surface area contributed by atoms with Gasteiger partial charge in [0.15, 0.2) is 0 Å². The van der Waals surface area contributed by atoms with E-state index in [2.05, 4.69) is 4.98 Å². The van der Waals surface area contributed by atoms with E-state index in [1.807, 2.05) is 24.3 Å². The Kier molecular flexibility index (Phi) is 2.93. The molecule has 0 aliphatic carbocycles. The maximum absolute atomic E-state index is 5.15. The molecule has 0 aromatic carbocycles. The Morgan fingerprint density at radius 2 is 1.91 bits per heavy atom. The molecule has 0 saturated heterocycles. The Morgan fingerprint density at radius 1 is 1.18 bits per heavy atom. The number of aromatic nitrogens is 1. The van der Waals surface area contributed by atoms with Crippen molar-refractivity contribution in [1.29, 1.82) is 0 Å². The van der Waals surface area contributed by atoms with E-state index in [4.69, 9.17) is 5.73 Å². The first-order chi connectivity index (χ1) is 5.43. The number of allylic oxidation sites excluding steroid dienone is 2. The maximum atomic E-state index is 5.15. The SMILES string of the molecule is N/C=C/C=C/c1ccncc1. The third-order valence-corrected chi connectivity index (χ3v) is 1.22. The van der Waals surface area contributed by atoms with Crippen LogP contribution >= 0.6 is 0 Å². The first-order valence-electron chi connectivity index (χ1n) is 3.38. The Morgan fingerprint density at radius 3 is 2.55 bits per heavy atom. The van der Waals surface area contributed by atoms with Crippen LogP contribution in [0.3, 0.4) is 0 Å². The van der Waals surface area contributed by atoms with Crippen molar-refractivity contribution in [3.8, 4) is 0 Å². The highest BCUT2D eigenvalue weighted by atomic mass is 14.6. The molecule has 0 aliphatic heterocycles. The smallest absolute Gasteiger partial charge is 0.0273 e. The molecule has 1 aromatic heterocycles. The van der Waals surface area contributed by atoms with E-state index in [1.165, 1.54) is 6.20 Å². The lowest BCUT2D eigenvalue weighted by molar-refractivity contribution is 1.32.